The standard InChI is InChI=1S/C37H49N4O14P.Gd/c38-17-7-20-53-56(52,55-31-13-15-37(16-14-31,28-9-3-1-4-10-28)29-11-5-2-6-12-29)54-27-30(41(25-35(48)49)26-36(50)51)21-39(22-32(42)43)18-8-19-40(23-33(44)45)24-34(46)47;/h1-6,9-12,30-31H,7-8,13-16,18-27H2,(H,42,43)(H,44,45)(H,46,47)(H,48,49)(H,50,51);/q;+3. The molecule has 1 fully saturated rings. The van der Waals surface area contributed by atoms with Gasteiger partial charge < -0.3 is 25.5 Å². The zero-order chi connectivity index (χ0) is 41.1. The van der Waals surface area contributed by atoms with Gasteiger partial charge in [0, 0.05) is 31.1 Å². The van der Waals surface area contributed by atoms with Gasteiger partial charge in [-0.15, -0.1) is 0 Å². The normalized spacial score (nSPS) is 15.6. The van der Waals surface area contributed by atoms with Crippen molar-refractivity contribution >= 4 is 37.7 Å². The van der Waals surface area contributed by atoms with Gasteiger partial charge in [-0.05, 0) is 43.2 Å². The SMILES string of the molecule is N#CCCOP(=O)(OCC(CN(CCCN(CC(=O)O)CC(=O)O)CC(=O)O)N(CC(=O)O)CC(=O)O)OC1CCC(c2ccccc2)(c2ccccc2)CC1.[Gd+3]. The van der Waals surface area contributed by atoms with Crippen LogP contribution in [0.1, 0.15) is 49.7 Å². The molecule has 2 aromatic carbocycles. The molecule has 0 heterocycles. The van der Waals surface area contributed by atoms with E-state index in [2.05, 4.69) is 24.3 Å². The van der Waals surface area contributed by atoms with Crippen molar-refractivity contribution in [2.24, 2.45) is 0 Å². The molecule has 1 saturated carbocycles. The van der Waals surface area contributed by atoms with Crippen molar-refractivity contribution in [3.05, 3.63) is 71.8 Å². The quantitative estimate of drug-likeness (QED) is 0.0636. The Balaban J connectivity index is 0.0000112. The van der Waals surface area contributed by atoms with Crippen molar-refractivity contribution in [3.8, 4) is 6.07 Å². The van der Waals surface area contributed by atoms with E-state index in [1.54, 1.807) is 0 Å². The minimum atomic E-state index is -4.52. The average molecular weight is 962 g/mol. The Labute approximate surface area is 362 Å². The van der Waals surface area contributed by atoms with Crippen molar-refractivity contribution in [1.82, 2.24) is 14.7 Å². The van der Waals surface area contributed by atoms with Gasteiger partial charge in [0.25, 0.3) is 0 Å². The topological polar surface area (TPSA) is 265 Å². The smallest absolute Gasteiger partial charge is 0.480 e. The Morgan fingerprint density at radius 3 is 1.65 bits per heavy atom. The zero-order valence-corrected chi connectivity index (χ0v) is 34.4. The number of carbonyl (C=O) groups is 5. The van der Waals surface area contributed by atoms with E-state index in [0.717, 1.165) is 20.9 Å². The number of nitrogens with zero attached hydrogens (tertiary/aromatic N) is 4. The summed E-state index contributed by atoms with van der Waals surface area (Å²) < 4.78 is 31.7. The number of nitriles is 1. The van der Waals surface area contributed by atoms with Gasteiger partial charge in [-0.1, -0.05) is 60.7 Å². The Morgan fingerprint density at radius 1 is 0.737 bits per heavy atom. The molecule has 0 saturated heterocycles. The predicted molar refractivity (Wildman–Crippen MR) is 198 cm³/mol. The molecule has 18 nitrogen and oxygen atoms in total. The predicted octanol–water partition coefficient (Wildman–Crippen LogP) is 3.07. The molecule has 0 amide bonds. The van der Waals surface area contributed by atoms with Crippen molar-refractivity contribution in [3.63, 3.8) is 0 Å². The van der Waals surface area contributed by atoms with Crippen LogP contribution in [0.25, 0.3) is 0 Å². The van der Waals surface area contributed by atoms with Gasteiger partial charge >= 0.3 is 77.6 Å². The molecule has 2 atom stereocenters. The second kappa shape index (κ2) is 25.2. The van der Waals surface area contributed by atoms with Crippen LogP contribution in [-0.2, 0) is 47.5 Å². The molecule has 0 aliphatic heterocycles. The molecular formula is C37H49GdN4O14P+3. The summed E-state index contributed by atoms with van der Waals surface area (Å²) in [6, 6.07) is 20.6. The molecule has 2 unspecified atom stereocenters. The van der Waals surface area contributed by atoms with Crippen LogP contribution >= 0.6 is 7.82 Å². The Bertz CT molecular complexity index is 1620. The number of hydrogen-bond donors (Lipinski definition) is 5. The van der Waals surface area contributed by atoms with Crippen LogP contribution < -0.4 is 0 Å². The summed E-state index contributed by atoms with van der Waals surface area (Å²) in [7, 11) is -4.52. The van der Waals surface area contributed by atoms with Crippen LogP contribution in [0.5, 0.6) is 0 Å². The summed E-state index contributed by atoms with van der Waals surface area (Å²) in [5, 5.41) is 56.4. The van der Waals surface area contributed by atoms with Gasteiger partial charge in [0.2, 0.25) is 0 Å². The zero-order valence-electron chi connectivity index (χ0n) is 31.2. The third kappa shape index (κ3) is 17.5. The van der Waals surface area contributed by atoms with E-state index in [1.165, 1.54) is 4.90 Å². The second-order valence-electron chi connectivity index (χ2n) is 13.4. The summed E-state index contributed by atoms with van der Waals surface area (Å²) in [5.41, 5.74) is 1.85. The van der Waals surface area contributed by atoms with E-state index >= 15 is 0 Å². The van der Waals surface area contributed by atoms with E-state index in [4.69, 9.17) is 29.0 Å². The second-order valence-corrected chi connectivity index (χ2v) is 15.1. The molecule has 1 aliphatic rings. The maximum atomic E-state index is 14.3. The molecule has 20 heteroatoms. The molecular weight excluding hydrogens is 913 g/mol. The van der Waals surface area contributed by atoms with Crippen molar-refractivity contribution in [1.29, 1.82) is 5.26 Å². The van der Waals surface area contributed by atoms with Crippen LogP contribution in [0.15, 0.2) is 60.7 Å². The monoisotopic (exact) mass is 962 g/mol. The Kier molecular flexibility index (Phi) is 22.0. The van der Waals surface area contributed by atoms with Gasteiger partial charge in [-0.2, -0.15) is 5.26 Å². The number of phosphoric acid groups is 1. The maximum Gasteiger partial charge on any atom is 3.00 e. The minimum absolute atomic E-state index is 0. The van der Waals surface area contributed by atoms with Crippen LogP contribution in [0, 0.1) is 51.3 Å². The van der Waals surface area contributed by atoms with Crippen LogP contribution in [0.4, 0.5) is 0 Å². The first-order chi connectivity index (χ1) is 26.6. The fourth-order valence-corrected chi connectivity index (χ4v) is 8.32. The van der Waals surface area contributed by atoms with Gasteiger partial charge in [0.1, 0.15) is 0 Å². The van der Waals surface area contributed by atoms with Crippen LogP contribution in [0.2, 0.25) is 0 Å². The number of benzene rings is 2. The molecule has 3 rings (SSSR count). The van der Waals surface area contributed by atoms with Gasteiger partial charge in [0.05, 0.1) is 64.5 Å². The average Bonchev–Trinajstić information content (AvgIpc) is 3.13. The fourth-order valence-electron chi connectivity index (χ4n) is 6.88. The van der Waals surface area contributed by atoms with Gasteiger partial charge in [0.15, 0.2) is 0 Å². The van der Waals surface area contributed by atoms with Crippen molar-refractivity contribution < 1.29 is 108 Å². The molecule has 311 valence electrons. The van der Waals surface area contributed by atoms with Crippen LogP contribution in [-0.4, -0.2) is 148 Å². The van der Waals surface area contributed by atoms with Crippen molar-refractivity contribution in [2.45, 2.75) is 56.1 Å². The maximum absolute atomic E-state index is 14.3. The molecule has 1 aliphatic carbocycles. The summed E-state index contributed by atoms with van der Waals surface area (Å²) in [6.45, 7) is -4.89. The van der Waals surface area contributed by atoms with Gasteiger partial charge in [-0.25, -0.2) is 4.57 Å². The van der Waals surface area contributed by atoms with E-state index in [0.29, 0.717) is 25.7 Å². The molecule has 1 radical (unpaired) electrons. The minimum Gasteiger partial charge on any atom is -0.480 e. The number of phosphoric ester groups is 1. The molecule has 0 aromatic heterocycles. The number of carboxylic acid groups (broad SMARTS) is 5. The molecule has 5 N–H and O–H groups in total. The van der Waals surface area contributed by atoms with Gasteiger partial charge in [-0.3, -0.25) is 52.2 Å². The molecule has 2 aromatic rings. The Morgan fingerprint density at radius 2 is 1.19 bits per heavy atom. The fraction of sp³-hybridized carbons (Fsp3) is 0.514. The van der Waals surface area contributed by atoms with Crippen LogP contribution in [0.3, 0.4) is 0 Å². The number of hydrogen-bond acceptors (Lipinski definition) is 13. The summed E-state index contributed by atoms with van der Waals surface area (Å²) in [4.78, 5) is 61.5. The molecule has 0 spiro atoms. The first-order valence-electron chi connectivity index (χ1n) is 18.0. The summed E-state index contributed by atoms with van der Waals surface area (Å²) in [5.74, 6) is -6.66. The number of rotatable bonds is 27. The molecule has 57 heavy (non-hydrogen) atoms. The Hall–Kier alpha value is -3.41. The van der Waals surface area contributed by atoms with E-state index in [9.17, 15) is 43.9 Å². The summed E-state index contributed by atoms with van der Waals surface area (Å²) >= 11 is 0. The third-order valence-corrected chi connectivity index (χ3v) is 10.8. The first-order valence-corrected chi connectivity index (χ1v) is 19.4. The largest absolute Gasteiger partial charge is 3.00 e. The third-order valence-electron chi connectivity index (χ3n) is 9.29. The number of carboxylic acids is 5. The van der Waals surface area contributed by atoms with Crippen molar-refractivity contribution in [2.75, 3.05) is 65.6 Å². The summed E-state index contributed by atoms with van der Waals surface area (Å²) in [6.07, 6.45) is 1.36. The first kappa shape index (κ1) is 49.7. The van der Waals surface area contributed by atoms with E-state index in [-0.39, 0.29) is 84.4 Å². The van der Waals surface area contributed by atoms with E-state index in [1.807, 2.05) is 42.5 Å². The number of aliphatic carboxylic acids is 5. The molecule has 0 bridgehead atoms. The van der Waals surface area contributed by atoms with E-state index < -0.39 is 89.1 Å².